The van der Waals surface area contributed by atoms with E-state index in [1.54, 1.807) is 12.1 Å². The second-order valence-corrected chi connectivity index (χ2v) is 5.19. The number of hydrogen-bond donors (Lipinski definition) is 0. The summed E-state index contributed by atoms with van der Waals surface area (Å²) in [6, 6.07) is 5.11. The van der Waals surface area contributed by atoms with E-state index in [2.05, 4.69) is 13.0 Å². The van der Waals surface area contributed by atoms with Crippen molar-refractivity contribution in [1.29, 1.82) is 0 Å². The molecule has 0 spiro atoms. The fraction of sp³-hybridized carbons (Fsp3) is 0.467. The molecule has 0 saturated carbocycles. The Morgan fingerprint density at radius 3 is 2.82 bits per heavy atom. The smallest absolute Gasteiger partial charge is 0.142 e. The van der Waals surface area contributed by atoms with Crippen molar-refractivity contribution in [3.05, 3.63) is 40.7 Å². The van der Waals surface area contributed by atoms with Crippen molar-refractivity contribution in [3.63, 3.8) is 0 Å². The van der Waals surface area contributed by atoms with Gasteiger partial charge >= 0.3 is 0 Å². The van der Waals surface area contributed by atoms with Gasteiger partial charge in [0.2, 0.25) is 0 Å². The summed E-state index contributed by atoms with van der Waals surface area (Å²) in [4.78, 5) is 0. The van der Waals surface area contributed by atoms with Gasteiger partial charge in [-0.25, -0.2) is 4.39 Å². The topological polar surface area (TPSA) is 0 Å². The zero-order valence-corrected chi connectivity index (χ0v) is 10.9. The van der Waals surface area contributed by atoms with Crippen LogP contribution in [-0.4, -0.2) is 0 Å². The van der Waals surface area contributed by atoms with Gasteiger partial charge in [0.05, 0.1) is 5.02 Å². The first-order valence-corrected chi connectivity index (χ1v) is 6.73. The molecule has 0 saturated heterocycles. The molecule has 1 atom stereocenters. The van der Waals surface area contributed by atoms with Crippen molar-refractivity contribution in [3.8, 4) is 0 Å². The van der Waals surface area contributed by atoms with Gasteiger partial charge in [0.1, 0.15) is 5.82 Å². The molecular weight excluding hydrogens is 235 g/mol. The van der Waals surface area contributed by atoms with Crippen LogP contribution in [0.15, 0.2) is 24.3 Å². The molecule has 2 heteroatoms. The SMILES string of the molecule is CCCC1CC=C(c2ccc(Cl)c(F)c2)CC1. The van der Waals surface area contributed by atoms with E-state index in [9.17, 15) is 4.39 Å². The molecule has 0 fully saturated rings. The standard InChI is InChI=1S/C15H18ClF/c1-2-3-11-4-6-12(7-5-11)13-8-9-14(16)15(17)10-13/h6,8-11H,2-5,7H2,1H3. The van der Waals surface area contributed by atoms with Crippen molar-refractivity contribution in [2.45, 2.75) is 39.0 Å². The summed E-state index contributed by atoms with van der Waals surface area (Å²) in [6.45, 7) is 2.23. The molecule has 0 N–H and O–H groups in total. The summed E-state index contributed by atoms with van der Waals surface area (Å²) in [6.07, 6.45) is 8.25. The van der Waals surface area contributed by atoms with Crippen molar-refractivity contribution in [2.75, 3.05) is 0 Å². The Morgan fingerprint density at radius 1 is 1.41 bits per heavy atom. The molecule has 92 valence electrons. The zero-order valence-electron chi connectivity index (χ0n) is 10.2. The van der Waals surface area contributed by atoms with Crippen LogP contribution < -0.4 is 0 Å². The lowest BCUT2D eigenvalue weighted by Crippen LogP contribution is -2.05. The molecule has 0 heterocycles. The van der Waals surface area contributed by atoms with E-state index in [1.807, 2.05) is 6.07 Å². The molecule has 0 bridgehead atoms. The zero-order chi connectivity index (χ0) is 12.3. The van der Waals surface area contributed by atoms with Gasteiger partial charge in [-0.15, -0.1) is 0 Å². The lowest BCUT2D eigenvalue weighted by molar-refractivity contribution is 0.445. The first kappa shape index (κ1) is 12.6. The van der Waals surface area contributed by atoms with Crippen molar-refractivity contribution in [2.24, 2.45) is 5.92 Å². The average molecular weight is 253 g/mol. The Bertz CT molecular complexity index is 423. The van der Waals surface area contributed by atoms with E-state index >= 15 is 0 Å². The van der Waals surface area contributed by atoms with Gasteiger partial charge in [-0.1, -0.05) is 43.5 Å². The molecule has 0 amide bonds. The van der Waals surface area contributed by atoms with Gasteiger partial charge in [-0.3, -0.25) is 0 Å². The molecule has 17 heavy (non-hydrogen) atoms. The van der Waals surface area contributed by atoms with Crippen molar-refractivity contribution < 1.29 is 4.39 Å². The first-order chi connectivity index (χ1) is 8.20. The Labute approximate surface area is 107 Å². The fourth-order valence-electron chi connectivity index (χ4n) is 2.52. The monoisotopic (exact) mass is 252 g/mol. The minimum Gasteiger partial charge on any atom is -0.205 e. The molecule has 0 radical (unpaired) electrons. The van der Waals surface area contributed by atoms with Crippen LogP contribution in [0.25, 0.3) is 5.57 Å². The minimum atomic E-state index is -0.319. The van der Waals surface area contributed by atoms with Crippen molar-refractivity contribution in [1.82, 2.24) is 0 Å². The van der Waals surface area contributed by atoms with Crippen LogP contribution in [-0.2, 0) is 0 Å². The third-order valence-electron chi connectivity index (χ3n) is 3.51. The maximum absolute atomic E-state index is 13.4. The Morgan fingerprint density at radius 2 is 2.24 bits per heavy atom. The summed E-state index contributed by atoms with van der Waals surface area (Å²) >= 11 is 5.69. The molecule has 1 aliphatic carbocycles. The Balaban J connectivity index is 2.11. The van der Waals surface area contributed by atoms with E-state index in [0.29, 0.717) is 0 Å². The van der Waals surface area contributed by atoms with E-state index in [1.165, 1.54) is 24.8 Å². The fourth-order valence-corrected chi connectivity index (χ4v) is 2.63. The summed E-state index contributed by atoms with van der Waals surface area (Å²) < 4.78 is 13.4. The highest BCUT2D eigenvalue weighted by Gasteiger charge is 2.15. The first-order valence-electron chi connectivity index (χ1n) is 6.35. The van der Waals surface area contributed by atoms with Gasteiger partial charge in [0.25, 0.3) is 0 Å². The Hall–Kier alpha value is -0.820. The maximum atomic E-state index is 13.4. The van der Waals surface area contributed by atoms with Crippen LogP contribution in [0.4, 0.5) is 4.39 Å². The van der Waals surface area contributed by atoms with Gasteiger partial charge in [0, 0.05) is 0 Å². The maximum Gasteiger partial charge on any atom is 0.142 e. The molecular formula is C15H18ClF. The van der Waals surface area contributed by atoms with Gasteiger partial charge < -0.3 is 0 Å². The average Bonchev–Trinajstić information content (AvgIpc) is 2.34. The van der Waals surface area contributed by atoms with Crippen LogP contribution in [0.3, 0.4) is 0 Å². The van der Waals surface area contributed by atoms with E-state index in [4.69, 9.17) is 11.6 Å². The lowest BCUT2D eigenvalue weighted by Gasteiger charge is -2.21. The number of rotatable bonds is 3. The Kier molecular flexibility index (Phi) is 4.22. The van der Waals surface area contributed by atoms with Crippen LogP contribution in [0.5, 0.6) is 0 Å². The highest BCUT2D eigenvalue weighted by Crippen LogP contribution is 2.33. The summed E-state index contributed by atoms with van der Waals surface area (Å²) in [5.41, 5.74) is 2.26. The minimum absolute atomic E-state index is 0.203. The second kappa shape index (κ2) is 5.68. The van der Waals surface area contributed by atoms with Crippen LogP contribution in [0, 0.1) is 11.7 Å². The molecule has 1 unspecified atom stereocenters. The van der Waals surface area contributed by atoms with Gasteiger partial charge in [-0.05, 0) is 48.4 Å². The number of allylic oxidation sites excluding steroid dienone is 2. The van der Waals surface area contributed by atoms with Crippen LogP contribution >= 0.6 is 11.6 Å². The largest absolute Gasteiger partial charge is 0.205 e. The van der Waals surface area contributed by atoms with Gasteiger partial charge in [-0.2, -0.15) is 0 Å². The van der Waals surface area contributed by atoms with E-state index < -0.39 is 0 Å². The third-order valence-corrected chi connectivity index (χ3v) is 3.81. The summed E-state index contributed by atoms with van der Waals surface area (Å²) in [7, 11) is 0. The normalized spacial score (nSPS) is 20.2. The molecule has 0 aliphatic heterocycles. The van der Waals surface area contributed by atoms with Gasteiger partial charge in [0.15, 0.2) is 0 Å². The van der Waals surface area contributed by atoms with E-state index in [0.717, 1.165) is 24.3 Å². The molecule has 0 aromatic heterocycles. The second-order valence-electron chi connectivity index (χ2n) is 4.79. The predicted octanol–water partition coefficient (Wildman–Crippen LogP) is 5.46. The third kappa shape index (κ3) is 3.10. The summed E-state index contributed by atoms with van der Waals surface area (Å²) in [5.74, 6) is 0.502. The van der Waals surface area contributed by atoms with Crippen molar-refractivity contribution >= 4 is 17.2 Å². The quantitative estimate of drug-likeness (QED) is 0.670. The highest BCUT2D eigenvalue weighted by molar-refractivity contribution is 6.30. The molecule has 1 aliphatic rings. The lowest BCUT2D eigenvalue weighted by atomic mass is 9.84. The number of hydrogen-bond acceptors (Lipinski definition) is 0. The van der Waals surface area contributed by atoms with E-state index in [-0.39, 0.29) is 10.8 Å². The molecule has 1 aromatic carbocycles. The van der Waals surface area contributed by atoms with Crippen LogP contribution in [0.2, 0.25) is 5.02 Å². The highest BCUT2D eigenvalue weighted by atomic mass is 35.5. The van der Waals surface area contributed by atoms with Crippen LogP contribution in [0.1, 0.15) is 44.6 Å². The number of halogens is 2. The molecule has 2 rings (SSSR count). The molecule has 0 nitrogen and oxygen atoms in total. The number of benzene rings is 1. The predicted molar refractivity (Wildman–Crippen MR) is 71.6 cm³/mol. The molecule has 1 aromatic rings. The summed E-state index contributed by atoms with van der Waals surface area (Å²) in [5, 5.41) is 0.203.